The number of nitrogens with zero attached hydrogens (tertiary/aromatic N) is 1. The van der Waals surface area contributed by atoms with E-state index in [9.17, 15) is 4.79 Å². The van der Waals surface area contributed by atoms with Gasteiger partial charge in [-0.2, -0.15) is 0 Å². The van der Waals surface area contributed by atoms with Crippen LogP contribution in [-0.4, -0.2) is 13.3 Å². The Hall–Kier alpha value is -1.83. The molecule has 0 unspecified atom stereocenters. The van der Waals surface area contributed by atoms with Gasteiger partial charge in [0.05, 0.1) is 0 Å². The molecule has 0 radical (unpaired) electrons. The number of para-hydroxylation sites is 1. The average Bonchev–Trinajstić information content (AvgIpc) is 2.57. The van der Waals surface area contributed by atoms with E-state index in [-0.39, 0.29) is 0 Å². The summed E-state index contributed by atoms with van der Waals surface area (Å²) in [7, 11) is 2.14. The van der Waals surface area contributed by atoms with Crippen LogP contribution in [0.1, 0.15) is 24.8 Å². The molecule has 0 saturated carbocycles. The number of carbonyl (C=O) groups is 1. The van der Waals surface area contributed by atoms with Gasteiger partial charge in [0.15, 0.2) is 0 Å². The first kappa shape index (κ1) is 11.3. The van der Waals surface area contributed by atoms with Crippen LogP contribution < -0.4 is 4.90 Å². The lowest BCUT2D eigenvalue weighted by molar-refractivity contribution is -0.105. The highest BCUT2D eigenvalue weighted by molar-refractivity contribution is 5.76. The Labute approximate surface area is 108 Å². The van der Waals surface area contributed by atoms with Gasteiger partial charge in [-0.25, -0.2) is 0 Å². The van der Waals surface area contributed by atoms with Crippen LogP contribution in [0.4, 0.5) is 5.69 Å². The second-order valence-electron chi connectivity index (χ2n) is 5.00. The zero-order valence-corrected chi connectivity index (χ0v) is 10.6. The van der Waals surface area contributed by atoms with Gasteiger partial charge in [-0.15, -0.1) is 0 Å². The summed E-state index contributed by atoms with van der Waals surface area (Å²) in [5, 5.41) is 0. The fourth-order valence-electron chi connectivity index (χ4n) is 2.96. The van der Waals surface area contributed by atoms with Crippen LogP contribution in [0.3, 0.4) is 0 Å². The molecule has 0 atom stereocenters. The zero-order valence-electron chi connectivity index (χ0n) is 10.6. The Morgan fingerprint density at radius 2 is 1.94 bits per heavy atom. The van der Waals surface area contributed by atoms with Crippen molar-refractivity contribution in [3.05, 3.63) is 52.7 Å². The molecule has 1 aromatic rings. The summed E-state index contributed by atoms with van der Waals surface area (Å²) < 4.78 is 0. The summed E-state index contributed by atoms with van der Waals surface area (Å²) in [5.74, 6) is 0. The summed E-state index contributed by atoms with van der Waals surface area (Å²) in [6.45, 7) is 0. The van der Waals surface area contributed by atoms with Crippen LogP contribution >= 0.6 is 0 Å². The summed E-state index contributed by atoms with van der Waals surface area (Å²) in [5.41, 5.74) is 6.36. The van der Waals surface area contributed by atoms with Crippen LogP contribution in [0.2, 0.25) is 0 Å². The molecule has 3 rings (SSSR count). The molecule has 1 aromatic carbocycles. The van der Waals surface area contributed by atoms with Crippen LogP contribution in [0.5, 0.6) is 0 Å². The zero-order chi connectivity index (χ0) is 12.5. The molecule has 18 heavy (non-hydrogen) atoms. The van der Waals surface area contributed by atoms with Gasteiger partial charge in [-0.1, -0.05) is 24.3 Å². The summed E-state index contributed by atoms with van der Waals surface area (Å²) in [6.07, 6.45) is 7.03. The third-order valence-corrected chi connectivity index (χ3v) is 3.95. The van der Waals surface area contributed by atoms with E-state index in [1.807, 2.05) is 0 Å². The van der Waals surface area contributed by atoms with E-state index in [0.29, 0.717) is 0 Å². The Balaban J connectivity index is 2.06. The number of aryl methyl sites for hydroxylation is 1. The maximum Gasteiger partial charge on any atom is 0.146 e. The fourth-order valence-corrected chi connectivity index (χ4v) is 2.96. The van der Waals surface area contributed by atoms with Crippen molar-refractivity contribution in [1.29, 1.82) is 0 Å². The molecule has 0 fully saturated rings. The number of fused-ring (bicyclic) bond motifs is 1. The third kappa shape index (κ3) is 1.78. The largest absolute Gasteiger partial charge is 0.348 e. The number of anilines is 1. The normalized spacial score (nSPS) is 18.7. The second-order valence-corrected chi connectivity index (χ2v) is 5.00. The van der Waals surface area contributed by atoms with E-state index in [0.717, 1.165) is 37.5 Å². The summed E-state index contributed by atoms with van der Waals surface area (Å²) in [4.78, 5) is 13.2. The second kappa shape index (κ2) is 4.45. The number of hydrogen-bond acceptors (Lipinski definition) is 2. The molecule has 1 aliphatic carbocycles. The topological polar surface area (TPSA) is 20.3 Å². The van der Waals surface area contributed by atoms with Gasteiger partial charge in [0.2, 0.25) is 0 Å². The number of carbonyl (C=O) groups excluding carboxylic acids is 1. The van der Waals surface area contributed by atoms with Crippen molar-refractivity contribution < 1.29 is 4.79 Å². The molecule has 0 amide bonds. The Kier molecular flexibility index (Phi) is 2.78. The molecule has 0 aromatic heterocycles. The molecule has 2 heteroatoms. The molecule has 0 saturated heterocycles. The summed E-state index contributed by atoms with van der Waals surface area (Å²) >= 11 is 0. The lowest BCUT2D eigenvalue weighted by Gasteiger charge is -2.27. The van der Waals surface area contributed by atoms with E-state index in [4.69, 9.17) is 0 Å². The van der Waals surface area contributed by atoms with Crippen LogP contribution in [0, 0.1) is 0 Å². The van der Waals surface area contributed by atoms with Crippen molar-refractivity contribution >= 4 is 12.0 Å². The van der Waals surface area contributed by atoms with Gasteiger partial charge < -0.3 is 4.90 Å². The molecule has 2 aliphatic rings. The maximum atomic E-state index is 10.9. The fraction of sp³-hybridized carbons (Fsp3) is 0.312. The Bertz CT molecular complexity index is 554. The first-order chi connectivity index (χ1) is 8.79. The van der Waals surface area contributed by atoms with Gasteiger partial charge in [0.25, 0.3) is 0 Å². The van der Waals surface area contributed by atoms with Crippen LogP contribution in [0.15, 0.2) is 47.2 Å². The van der Waals surface area contributed by atoms with E-state index in [1.54, 1.807) is 0 Å². The predicted octanol–water partition coefficient (Wildman–Crippen LogP) is 3.24. The number of allylic oxidation sites excluding steroid dienone is 4. The highest BCUT2D eigenvalue weighted by atomic mass is 16.1. The van der Waals surface area contributed by atoms with Crippen molar-refractivity contribution in [3.8, 4) is 0 Å². The van der Waals surface area contributed by atoms with E-state index in [1.165, 1.54) is 22.5 Å². The molecule has 92 valence electrons. The number of hydrogen-bond donors (Lipinski definition) is 0. The van der Waals surface area contributed by atoms with Crippen molar-refractivity contribution in [1.82, 2.24) is 0 Å². The number of aldehydes is 1. The lowest BCUT2D eigenvalue weighted by Crippen LogP contribution is -2.19. The first-order valence-corrected chi connectivity index (χ1v) is 6.49. The molecular weight excluding hydrogens is 222 g/mol. The molecule has 0 bridgehead atoms. The van der Waals surface area contributed by atoms with Gasteiger partial charge in [-0.3, -0.25) is 4.79 Å². The molecule has 0 spiro atoms. The SMILES string of the molecule is CN1C2=C(C=C(C=O)CC2)CCc2ccccc21. The minimum absolute atomic E-state index is 0.870. The monoisotopic (exact) mass is 239 g/mol. The van der Waals surface area contributed by atoms with Gasteiger partial charge in [0, 0.05) is 18.4 Å². The van der Waals surface area contributed by atoms with Crippen molar-refractivity contribution in [2.45, 2.75) is 25.7 Å². The van der Waals surface area contributed by atoms with Crippen molar-refractivity contribution in [2.75, 3.05) is 11.9 Å². The Morgan fingerprint density at radius 1 is 1.11 bits per heavy atom. The number of rotatable bonds is 1. The highest BCUT2D eigenvalue weighted by Crippen LogP contribution is 2.36. The molecule has 1 aliphatic heterocycles. The van der Waals surface area contributed by atoms with Gasteiger partial charge in [0.1, 0.15) is 6.29 Å². The first-order valence-electron chi connectivity index (χ1n) is 6.49. The maximum absolute atomic E-state index is 10.9. The van der Waals surface area contributed by atoms with Gasteiger partial charge >= 0.3 is 0 Å². The highest BCUT2D eigenvalue weighted by Gasteiger charge is 2.21. The van der Waals surface area contributed by atoms with Gasteiger partial charge in [-0.05, 0) is 48.5 Å². The average molecular weight is 239 g/mol. The predicted molar refractivity (Wildman–Crippen MR) is 73.6 cm³/mol. The molecule has 1 heterocycles. The van der Waals surface area contributed by atoms with E-state index >= 15 is 0 Å². The summed E-state index contributed by atoms with van der Waals surface area (Å²) in [6, 6.07) is 8.58. The third-order valence-electron chi connectivity index (χ3n) is 3.95. The van der Waals surface area contributed by atoms with Crippen molar-refractivity contribution in [3.63, 3.8) is 0 Å². The van der Waals surface area contributed by atoms with Crippen molar-refractivity contribution in [2.24, 2.45) is 0 Å². The van der Waals surface area contributed by atoms with Crippen LogP contribution in [-0.2, 0) is 11.2 Å². The molecule has 0 N–H and O–H groups in total. The molecular formula is C16H17NO. The lowest BCUT2D eigenvalue weighted by atomic mass is 9.94. The number of benzene rings is 1. The smallest absolute Gasteiger partial charge is 0.146 e. The minimum atomic E-state index is 0.870. The van der Waals surface area contributed by atoms with Crippen LogP contribution in [0.25, 0.3) is 0 Å². The molecule has 2 nitrogen and oxygen atoms in total. The van der Waals surface area contributed by atoms with E-state index in [2.05, 4.69) is 42.3 Å². The quantitative estimate of drug-likeness (QED) is 0.701. The van der Waals surface area contributed by atoms with E-state index < -0.39 is 0 Å². The minimum Gasteiger partial charge on any atom is -0.348 e. The standard InChI is InChI=1S/C16H17NO/c1-17-15-5-3-2-4-13(15)7-8-14-10-12(11-18)6-9-16(14)17/h2-5,10-11H,6-9H2,1H3. The Morgan fingerprint density at radius 3 is 2.78 bits per heavy atom.